The summed E-state index contributed by atoms with van der Waals surface area (Å²) in [7, 11) is 0. The van der Waals surface area contributed by atoms with Crippen LogP contribution >= 0.6 is 34.8 Å². The van der Waals surface area contributed by atoms with E-state index in [0.29, 0.717) is 0 Å². The van der Waals surface area contributed by atoms with Crippen molar-refractivity contribution < 1.29 is 4.79 Å². The first-order valence-electron chi connectivity index (χ1n) is 7.10. The molecule has 3 aromatic rings. The number of aromatic nitrogens is 1. The number of amides is 1. The number of nitrogens with two attached hydrogens (primary N) is 1. The Labute approximate surface area is 158 Å². The number of rotatable bonds is 3. The van der Waals surface area contributed by atoms with Crippen molar-refractivity contribution in [2.45, 2.75) is 0 Å². The van der Waals surface area contributed by atoms with Gasteiger partial charge in [0, 0.05) is 5.56 Å². The Bertz CT molecular complexity index is 999. The van der Waals surface area contributed by atoms with Gasteiger partial charge in [0.2, 0.25) is 0 Å². The number of hydrogen-bond donors (Lipinski definition) is 2. The molecule has 1 aromatic heterocycles. The van der Waals surface area contributed by atoms with Crippen molar-refractivity contribution in [3.63, 3.8) is 0 Å². The topological polar surface area (TPSA) is 80.4 Å². The molecule has 0 unspecified atom stereocenters. The zero-order chi connectivity index (χ0) is 18.0. The highest BCUT2D eigenvalue weighted by atomic mass is 35.5. The van der Waals surface area contributed by atoms with Crippen LogP contribution in [0.5, 0.6) is 0 Å². The Morgan fingerprint density at radius 2 is 1.80 bits per heavy atom. The van der Waals surface area contributed by atoms with E-state index in [1.165, 1.54) is 6.21 Å². The van der Waals surface area contributed by atoms with Crippen LogP contribution in [0, 0.1) is 0 Å². The van der Waals surface area contributed by atoms with Gasteiger partial charge in [-0.3, -0.25) is 4.79 Å². The number of hydrazone groups is 1. The van der Waals surface area contributed by atoms with Crippen LogP contribution in [0.15, 0.2) is 47.6 Å². The van der Waals surface area contributed by atoms with Crippen LogP contribution in [0.4, 0.5) is 5.69 Å². The Morgan fingerprint density at radius 3 is 2.60 bits per heavy atom. The number of nitrogen functional groups attached to an aromatic ring is 1. The molecule has 0 aliphatic rings. The van der Waals surface area contributed by atoms with Crippen LogP contribution in [-0.4, -0.2) is 17.1 Å². The third-order valence-electron chi connectivity index (χ3n) is 3.48. The van der Waals surface area contributed by atoms with Crippen molar-refractivity contribution in [2.24, 2.45) is 5.10 Å². The fourth-order valence-corrected chi connectivity index (χ4v) is 2.85. The molecule has 0 atom stereocenters. The molecule has 0 aliphatic heterocycles. The van der Waals surface area contributed by atoms with Crippen LogP contribution in [0.2, 0.25) is 15.2 Å². The van der Waals surface area contributed by atoms with Gasteiger partial charge in [-0.25, -0.2) is 10.4 Å². The third-order valence-corrected chi connectivity index (χ3v) is 4.62. The highest BCUT2D eigenvalue weighted by molar-refractivity contribution is 6.46. The van der Waals surface area contributed by atoms with E-state index in [1.54, 1.807) is 0 Å². The van der Waals surface area contributed by atoms with Gasteiger partial charge in [-0.1, -0.05) is 77.3 Å². The minimum Gasteiger partial charge on any atom is -0.396 e. The molecule has 0 saturated carbocycles. The highest BCUT2D eigenvalue weighted by Gasteiger charge is 2.19. The van der Waals surface area contributed by atoms with E-state index in [0.717, 1.165) is 16.3 Å². The van der Waals surface area contributed by atoms with Gasteiger partial charge in [-0.2, -0.15) is 5.10 Å². The molecular formula is C17H11Cl3N4O. The number of nitrogens with zero attached hydrogens (tertiary/aromatic N) is 2. The van der Waals surface area contributed by atoms with E-state index in [-0.39, 0.29) is 26.6 Å². The number of pyridine rings is 1. The van der Waals surface area contributed by atoms with Crippen molar-refractivity contribution in [3.8, 4) is 0 Å². The number of benzene rings is 2. The molecule has 126 valence electrons. The monoisotopic (exact) mass is 392 g/mol. The van der Waals surface area contributed by atoms with Gasteiger partial charge >= 0.3 is 0 Å². The molecule has 0 bridgehead atoms. The molecule has 0 spiro atoms. The maximum absolute atomic E-state index is 12.2. The molecule has 0 fully saturated rings. The second-order valence-electron chi connectivity index (χ2n) is 5.06. The summed E-state index contributed by atoms with van der Waals surface area (Å²) in [6, 6.07) is 13.6. The summed E-state index contributed by atoms with van der Waals surface area (Å²) in [6.07, 6.45) is 1.54. The number of halogens is 3. The second kappa shape index (κ2) is 7.27. The van der Waals surface area contributed by atoms with Gasteiger partial charge in [0.15, 0.2) is 10.8 Å². The van der Waals surface area contributed by atoms with Crippen LogP contribution in [0.3, 0.4) is 0 Å². The molecule has 0 saturated heterocycles. The minimum atomic E-state index is -0.647. The van der Waals surface area contributed by atoms with Crippen LogP contribution in [0.25, 0.3) is 10.8 Å². The van der Waals surface area contributed by atoms with E-state index >= 15 is 0 Å². The lowest BCUT2D eigenvalue weighted by Crippen LogP contribution is -2.20. The van der Waals surface area contributed by atoms with Gasteiger partial charge in [0.05, 0.1) is 16.9 Å². The van der Waals surface area contributed by atoms with Crippen molar-refractivity contribution in [1.29, 1.82) is 0 Å². The first-order valence-corrected chi connectivity index (χ1v) is 8.23. The summed E-state index contributed by atoms with van der Waals surface area (Å²) in [5, 5.41) is 5.85. The maximum atomic E-state index is 12.2. The summed E-state index contributed by atoms with van der Waals surface area (Å²) in [5.41, 5.74) is 8.75. The Balaban J connectivity index is 1.84. The van der Waals surface area contributed by atoms with Crippen LogP contribution in [-0.2, 0) is 0 Å². The molecule has 25 heavy (non-hydrogen) atoms. The predicted molar refractivity (Wildman–Crippen MR) is 103 cm³/mol. The predicted octanol–water partition coefficient (Wildman–Crippen LogP) is 4.54. The zero-order valence-electron chi connectivity index (χ0n) is 12.6. The lowest BCUT2D eigenvalue weighted by Gasteiger charge is -2.07. The van der Waals surface area contributed by atoms with Crippen molar-refractivity contribution in [2.75, 3.05) is 5.73 Å². The molecular weight excluding hydrogens is 383 g/mol. The van der Waals surface area contributed by atoms with Crippen molar-refractivity contribution in [3.05, 3.63) is 68.9 Å². The van der Waals surface area contributed by atoms with Gasteiger partial charge in [0.1, 0.15) is 5.02 Å². The quantitative estimate of drug-likeness (QED) is 0.389. The van der Waals surface area contributed by atoms with Crippen LogP contribution < -0.4 is 11.2 Å². The van der Waals surface area contributed by atoms with Crippen molar-refractivity contribution in [1.82, 2.24) is 10.4 Å². The van der Waals surface area contributed by atoms with E-state index in [1.807, 2.05) is 42.5 Å². The number of anilines is 1. The summed E-state index contributed by atoms with van der Waals surface area (Å²) < 4.78 is 0. The number of carbonyl (C=O) groups excluding carboxylic acids is 1. The molecule has 0 aliphatic carbocycles. The Morgan fingerprint density at radius 1 is 1.08 bits per heavy atom. The molecule has 1 heterocycles. The van der Waals surface area contributed by atoms with E-state index in [2.05, 4.69) is 15.5 Å². The third kappa shape index (κ3) is 3.54. The molecule has 2 aromatic carbocycles. The minimum absolute atomic E-state index is 0.00229. The van der Waals surface area contributed by atoms with Gasteiger partial charge in [-0.05, 0) is 10.8 Å². The zero-order valence-corrected chi connectivity index (χ0v) is 14.9. The first-order chi connectivity index (χ1) is 12.0. The average molecular weight is 394 g/mol. The number of hydrogen-bond acceptors (Lipinski definition) is 4. The van der Waals surface area contributed by atoms with E-state index in [4.69, 9.17) is 40.5 Å². The lowest BCUT2D eigenvalue weighted by atomic mass is 10.1. The highest BCUT2D eigenvalue weighted by Crippen LogP contribution is 2.34. The van der Waals surface area contributed by atoms with Crippen LogP contribution in [0.1, 0.15) is 16.1 Å². The number of nitrogens with one attached hydrogen (secondary N) is 1. The van der Waals surface area contributed by atoms with Gasteiger partial charge in [-0.15, -0.1) is 0 Å². The maximum Gasteiger partial charge on any atom is 0.291 e. The molecule has 3 rings (SSSR count). The van der Waals surface area contributed by atoms with Crippen molar-refractivity contribution >= 4 is 63.4 Å². The Hall–Kier alpha value is -2.34. The van der Waals surface area contributed by atoms with E-state index < -0.39 is 5.91 Å². The Kier molecular flexibility index (Phi) is 5.08. The SMILES string of the molecule is Nc1c(Cl)c(Cl)nc(C(=O)NN=Cc2cccc3ccccc23)c1Cl. The fraction of sp³-hybridized carbons (Fsp3) is 0. The second-order valence-corrected chi connectivity index (χ2v) is 6.17. The standard InChI is InChI=1S/C17H11Cl3N4O/c18-12-14(21)13(19)16(20)23-15(12)17(25)24-22-8-10-6-3-5-9-4-1-2-7-11(9)10/h1-8H,(H2,21,23)(H,24,25). The summed E-state index contributed by atoms with van der Waals surface area (Å²) in [5.74, 6) is -0.647. The summed E-state index contributed by atoms with van der Waals surface area (Å²) in [6.45, 7) is 0. The molecule has 0 radical (unpaired) electrons. The number of fused-ring (bicyclic) bond motifs is 1. The lowest BCUT2D eigenvalue weighted by molar-refractivity contribution is 0.0950. The normalized spacial score (nSPS) is 11.2. The average Bonchev–Trinajstić information content (AvgIpc) is 2.63. The molecule has 1 amide bonds. The number of carbonyl (C=O) groups is 1. The molecule has 3 N–H and O–H groups in total. The van der Waals surface area contributed by atoms with E-state index in [9.17, 15) is 4.79 Å². The van der Waals surface area contributed by atoms with Gasteiger partial charge in [0.25, 0.3) is 5.91 Å². The smallest absolute Gasteiger partial charge is 0.291 e. The first kappa shape index (κ1) is 17.5. The molecule has 5 nitrogen and oxygen atoms in total. The summed E-state index contributed by atoms with van der Waals surface area (Å²) in [4.78, 5) is 16.1. The largest absolute Gasteiger partial charge is 0.396 e. The molecule has 8 heteroatoms. The fourth-order valence-electron chi connectivity index (χ4n) is 2.26. The van der Waals surface area contributed by atoms with Gasteiger partial charge < -0.3 is 5.73 Å². The summed E-state index contributed by atoms with van der Waals surface area (Å²) >= 11 is 17.7.